The van der Waals surface area contributed by atoms with E-state index in [0.29, 0.717) is 24.0 Å². The summed E-state index contributed by atoms with van der Waals surface area (Å²) in [7, 11) is 0. The summed E-state index contributed by atoms with van der Waals surface area (Å²) in [5.41, 5.74) is 10.6. The lowest BCUT2D eigenvalue weighted by Crippen LogP contribution is -2.03. The second kappa shape index (κ2) is 10.1. The number of pyridine rings is 2. The number of nitrogens with zero attached hydrogens (tertiary/aromatic N) is 2. The van der Waals surface area contributed by atoms with Crippen LogP contribution in [0.1, 0.15) is 23.7 Å². The lowest BCUT2D eigenvalue weighted by Gasteiger charge is -2.13. The van der Waals surface area contributed by atoms with Gasteiger partial charge < -0.3 is 15.8 Å². The van der Waals surface area contributed by atoms with Crippen LogP contribution in [0.4, 0.5) is 11.6 Å². The standard InChI is InChI=1S/C25H26N4O/c1-4-19(20-11-7-6-8-12-20)14-21(16-26)22-15-23(30-5-2)25(27-17-22)29-24-13-9-10-18(3)28-24/h4,6-17H,1,5,26H2,2-3H3,(H,27,28,29)/b19-14+,21-16+. The van der Waals surface area contributed by atoms with Gasteiger partial charge in [-0.1, -0.05) is 49.1 Å². The zero-order valence-corrected chi connectivity index (χ0v) is 17.3. The molecule has 2 heterocycles. The Kier molecular flexibility index (Phi) is 7.00. The van der Waals surface area contributed by atoms with Crippen LogP contribution in [0, 0.1) is 6.92 Å². The van der Waals surface area contributed by atoms with Crippen LogP contribution in [-0.4, -0.2) is 16.6 Å². The molecule has 0 spiro atoms. The molecule has 152 valence electrons. The van der Waals surface area contributed by atoms with E-state index in [4.69, 9.17) is 10.5 Å². The first kappa shape index (κ1) is 20.9. The van der Waals surface area contributed by atoms with Gasteiger partial charge in [0.15, 0.2) is 11.6 Å². The average molecular weight is 399 g/mol. The summed E-state index contributed by atoms with van der Waals surface area (Å²) in [5.74, 6) is 1.95. The molecule has 3 rings (SSSR count). The van der Waals surface area contributed by atoms with Crippen molar-refractivity contribution in [3.63, 3.8) is 0 Å². The van der Waals surface area contributed by atoms with E-state index in [9.17, 15) is 0 Å². The van der Waals surface area contributed by atoms with Gasteiger partial charge in [-0.2, -0.15) is 0 Å². The molecule has 0 fully saturated rings. The summed E-state index contributed by atoms with van der Waals surface area (Å²) >= 11 is 0. The number of rotatable bonds is 8. The molecule has 0 amide bonds. The minimum atomic E-state index is 0.514. The lowest BCUT2D eigenvalue weighted by molar-refractivity contribution is 0.340. The monoisotopic (exact) mass is 398 g/mol. The van der Waals surface area contributed by atoms with E-state index < -0.39 is 0 Å². The van der Waals surface area contributed by atoms with E-state index in [2.05, 4.69) is 21.9 Å². The Morgan fingerprint density at radius 2 is 1.90 bits per heavy atom. The number of benzene rings is 1. The highest BCUT2D eigenvalue weighted by Crippen LogP contribution is 2.30. The number of aryl methyl sites for hydroxylation is 1. The topological polar surface area (TPSA) is 73.1 Å². The van der Waals surface area contributed by atoms with Crippen molar-refractivity contribution in [3.8, 4) is 5.75 Å². The van der Waals surface area contributed by atoms with Crippen LogP contribution in [0.5, 0.6) is 5.75 Å². The third-order valence-electron chi connectivity index (χ3n) is 4.44. The molecule has 1 aromatic carbocycles. The number of nitrogens with one attached hydrogen (secondary N) is 1. The fourth-order valence-corrected chi connectivity index (χ4v) is 2.98. The van der Waals surface area contributed by atoms with Gasteiger partial charge in [0.1, 0.15) is 5.82 Å². The number of anilines is 2. The number of ether oxygens (including phenoxy) is 1. The summed E-state index contributed by atoms with van der Waals surface area (Å²) in [4.78, 5) is 9.04. The highest BCUT2D eigenvalue weighted by atomic mass is 16.5. The third kappa shape index (κ3) is 5.14. The molecule has 3 N–H and O–H groups in total. The molecule has 0 aliphatic heterocycles. The van der Waals surface area contributed by atoms with Gasteiger partial charge in [-0.25, -0.2) is 9.97 Å². The molecule has 0 aliphatic carbocycles. The second-order valence-corrected chi connectivity index (χ2v) is 6.58. The largest absolute Gasteiger partial charge is 0.490 e. The van der Waals surface area contributed by atoms with Crippen LogP contribution >= 0.6 is 0 Å². The van der Waals surface area contributed by atoms with Gasteiger partial charge in [0.25, 0.3) is 0 Å². The van der Waals surface area contributed by atoms with Gasteiger partial charge in [0, 0.05) is 23.7 Å². The van der Waals surface area contributed by atoms with Crippen LogP contribution in [0.25, 0.3) is 11.1 Å². The highest BCUT2D eigenvalue weighted by Gasteiger charge is 2.11. The predicted octanol–water partition coefficient (Wildman–Crippen LogP) is 5.50. The summed E-state index contributed by atoms with van der Waals surface area (Å²) < 4.78 is 5.83. The Bertz CT molecular complexity index is 1070. The number of aromatic nitrogens is 2. The molecule has 0 saturated carbocycles. The first-order chi connectivity index (χ1) is 14.6. The summed E-state index contributed by atoms with van der Waals surface area (Å²) in [6.07, 6.45) is 7.13. The van der Waals surface area contributed by atoms with Crippen LogP contribution in [0.15, 0.2) is 85.7 Å². The molecule has 0 unspecified atom stereocenters. The van der Waals surface area contributed by atoms with Gasteiger partial charge in [-0.15, -0.1) is 0 Å². The van der Waals surface area contributed by atoms with Crippen molar-refractivity contribution in [3.05, 3.63) is 103 Å². The smallest absolute Gasteiger partial charge is 0.174 e. The first-order valence-electron chi connectivity index (χ1n) is 9.80. The number of hydrogen-bond acceptors (Lipinski definition) is 5. The van der Waals surface area contributed by atoms with E-state index in [-0.39, 0.29) is 0 Å². The maximum Gasteiger partial charge on any atom is 0.174 e. The van der Waals surface area contributed by atoms with Crippen molar-refractivity contribution < 1.29 is 4.74 Å². The Morgan fingerprint density at radius 3 is 2.57 bits per heavy atom. The summed E-state index contributed by atoms with van der Waals surface area (Å²) in [6, 6.07) is 17.7. The predicted molar refractivity (Wildman–Crippen MR) is 124 cm³/mol. The molecule has 5 nitrogen and oxygen atoms in total. The SMILES string of the molecule is C=C/C(=C\C(=C/N)c1cnc(Nc2cccc(C)n2)c(OCC)c1)c1ccccc1. The maximum atomic E-state index is 5.95. The van der Waals surface area contributed by atoms with Crippen molar-refractivity contribution in [2.45, 2.75) is 13.8 Å². The number of nitrogens with two attached hydrogens (primary N) is 1. The van der Waals surface area contributed by atoms with E-state index in [1.54, 1.807) is 12.4 Å². The maximum absolute atomic E-state index is 5.95. The highest BCUT2D eigenvalue weighted by molar-refractivity contribution is 5.87. The number of allylic oxidation sites excluding steroid dienone is 4. The van der Waals surface area contributed by atoms with Gasteiger partial charge >= 0.3 is 0 Å². The minimum absolute atomic E-state index is 0.514. The molecule has 3 aromatic rings. The molecule has 0 radical (unpaired) electrons. The van der Waals surface area contributed by atoms with Crippen molar-refractivity contribution in [1.82, 2.24) is 9.97 Å². The van der Waals surface area contributed by atoms with Crippen molar-refractivity contribution >= 4 is 22.8 Å². The van der Waals surface area contributed by atoms with Crippen LogP contribution in [0.3, 0.4) is 0 Å². The second-order valence-electron chi connectivity index (χ2n) is 6.58. The molecule has 5 heteroatoms. The Morgan fingerprint density at radius 1 is 1.10 bits per heavy atom. The average Bonchev–Trinajstić information content (AvgIpc) is 2.77. The van der Waals surface area contributed by atoms with E-state index in [0.717, 1.165) is 28.0 Å². The van der Waals surface area contributed by atoms with Gasteiger partial charge in [-0.3, -0.25) is 0 Å². The van der Waals surface area contributed by atoms with Gasteiger partial charge in [0.2, 0.25) is 0 Å². The molecule has 0 saturated heterocycles. The van der Waals surface area contributed by atoms with Crippen LogP contribution in [0.2, 0.25) is 0 Å². The molecule has 30 heavy (non-hydrogen) atoms. The van der Waals surface area contributed by atoms with Crippen molar-refractivity contribution in [1.29, 1.82) is 0 Å². The van der Waals surface area contributed by atoms with Gasteiger partial charge in [-0.05, 0) is 54.8 Å². The Balaban J connectivity index is 1.95. The van der Waals surface area contributed by atoms with Crippen molar-refractivity contribution in [2.75, 3.05) is 11.9 Å². The summed E-state index contributed by atoms with van der Waals surface area (Å²) in [6.45, 7) is 8.34. The van der Waals surface area contributed by atoms with Crippen molar-refractivity contribution in [2.24, 2.45) is 5.73 Å². The lowest BCUT2D eigenvalue weighted by atomic mass is 10.00. The Hall–Kier alpha value is -3.86. The van der Waals surface area contributed by atoms with E-state index in [1.807, 2.05) is 80.6 Å². The molecular formula is C25H26N4O. The first-order valence-corrected chi connectivity index (χ1v) is 9.80. The summed E-state index contributed by atoms with van der Waals surface area (Å²) in [5, 5.41) is 3.23. The van der Waals surface area contributed by atoms with Crippen LogP contribution < -0.4 is 15.8 Å². The quantitative estimate of drug-likeness (QED) is 0.490. The molecule has 0 bridgehead atoms. The van der Waals surface area contributed by atoms with E-state index in [1.165, 1.54) is 0 Å². The zero-order valence-electron chi connectivity index (χ0n) is 17.3. The molecule has 0 aliphatic rings. The molecule has 2 aromatic heterocycles. The van der Waals surface area contributed by atoms with Crippen LogP contribution in [-0.2, 0) is 0 Å². The fraction of sp³-hybridized carbons (Fsp3) is 0.120. The fourth-order valence-electron chi connectivity index (χ4n) is 2.98. The molecule has 0 atom stereocenters. The third-order valence-corrected chi connectivity index (χ3v) is 4.44. The normalized spacial score (nSPS) is 11.8. The minimum Gasteiger partial charge on any atom is -0.490 e. The number of hydrogen-bond donors (Lipinski definition) is 2. The van der Waals surface area contributed by atoms with E-state index >= 15 is 0 Å². The zero-order chi connectivity index (χ0) is 21.3. The van der Waals surface area contributed by atoms with Gasteiger partial charge in [0.05, 0.1) is 6.61 Å². The Labute approximate surface area is 177 Å². The molecular weight excluding hydrogens is 372 g/mol.